The van der Waals surface area contributed by atoms with Gasteiger partial charge in [0.15, 0.2) is 5.72 Å². The predicted octanol–water partition coefficient (Wildman–Crippen LogP) is 2.54. The highest BCUT2D eigenvalue weighted by Gasteiger charge is 2.54. The summed E-state index contributed by atoms with van der Waals surface area (Å²) >= 11 is 7.48. The summed E-state index contributed by atoms with van der Waals surface area (Å²) < 4.78 is 6.53. The van der Waals surface area contributed by atoms with E-state index < -0.39 is 23.7 Å². The number of ether oxygens (including phenoxy) is 1. The summed E-state index contributed by atoms with van der Waals surface area (Å²) in [6.45, 7) is 3.91. The molecule has 0 amide bonds. The zero-order valence-electron chi connectivity index (χ0n) is 14.8. The number of nitrogens with zero attached hydrogens (tertiary/aromatic N) is 3. The topological polar surface area (TPSA) is 89.3 Å². The van der Waals surface area contributed by atoms with E-state index in [1.807, 2.05) is 37.4 Å². The molecule has 3 unspecified atom stereocenters. The molecule has 9 heteroatoms. The van der Waals surface area contributed by atoms with Crippen LogP contribution in [0.25, 0.3) is 0 Å². The third-order valence-corrected chi connectivity index (χ3v) is 5.36. The number of rotatable bonds is 5. The third kappa shape index (κ3) is 3.17. The first-order valence-corrected chi connectivity index (χ1v) is 10.00. The second kappa shape index (κ2) is 7.46. The van der Waals surface area contributed by atoms with Crippen LogP contribution in [0, 0.1) is 12.8 Å². The van der Waals surface area contributed by atoms with E-state index in [-0.39, 0.29) is 12.5 Å². The van der Waals surface area contributed by atoms with Crippen LogP contribution in [0.5, 0.6) is 0 Å². The van der Waals surface area contributed by atoms with Crippen molar-refractivity contribution >= 4 is 35.3 Å². The lowest BCUT2D eigenvalue weighted by Crippen LogP contribution is -2.55. The average molecular weight is 397 g/mol. The number of aromatic nitrogens is 3. The van der Waals surface area contributed by atoms with Gasteiger partial charge < -0.3 is 15.2 Å². The molecule has 0 saturated heterocycles. The Kier molecular flexibility index (Phi) is 5.45. The number of anilines is 1. The van der Waals surface area contributed by atoms with E-state index in [0.29, 0.717) is 11.1 Å². The molecule has 26 heavy (non-hydrogen) atoms. The quantitative estimate of drug-likeness (QED) is 0.456. The summed E-state index contributed by atoms with van der Waals surface area (Å²) in [4.78, 5) is 17.1. The molecule has 1 aromatic carbocycles. The van der Waals surface area contributed by atoms with Crippen LogP contribution in [0.15, 0.2) is 29.4 Å². The molecule has 0 radical (unpaired) electrons. The highest BCUT2D eigenvalue weighted by atomic mass is 35.5. The number of aliphatic hydroxyl groups is 1. The van der Waals surface area contributed by atoms with Gasteiger partial charge >= 0.3 is 5.97 Å². The van der Waals surface area contributed by atoms with E-state index in [9.17, 15) is 9.90 Å². The number of esters is 1. The summed E-state index contributed by atoms with van der Waals surface area (Å²) in [6.07, 6.45) is 1.83. The number of carbonyl (C=O) groups is 1. The molecule has 0 aliphatic carbocycles. The van der Waals surface area contributed by atoms with Gasteiger partial charge in [-0.15, -0.1) is 16.7 Å². The first-order chi connectivity index (χ1) is 12.4. The Morgan fingerprint density at radius 1 is 1.46 bits per heavy atom. The van der Waals surface area contributed by atoms with Crippen molar-refractivity contribution in [1.29, 1.82) is 0 Å². The molecule has 0 fully saturated rings. The molecule has 0 bridgehead atoms. The second-order valence-corrected chi connectivity index (χ2v) is 7.15. The normalized spacial score (nSPS) is 24.7. The Morgan fingerprint density at radius 3 is 2.73 bits per heavy atom. The number of aryl methyl sites for hydroxylation is 1. The van der Waals surface area contributed by atoms with Crippen LogP contribution in [-0.2, 0) is 15.3 Å². The third-order valence-electron chi connectivity index (χ3n) is 4.43. The number of carbonyl (C=O) groups excluding carboxylic acids is 1. The Hall–Kier alpha value is -1.77. The number of halogens is 1. The molecule has 0 saturated carbocycles. The van der Waals surface area contributed by atoms with Crippen LogP contribution in [0.3, 0.4) is 0 Å². The molecule has 2 heterocycles. The van der Waals surface area contributed by atoms with Crippen LogP contribution < -0.4 is 5.32 Å². The smallest absolute Gasteiger partial charge is 0.316 e. The van der Waals surface area contributed by atoms with Gasteiger partial charge in [0.25, 0.3) is 0 Å². The van der Waals surface area contributed by atoms with Gasteiger partial charge in [0.1, 0.15) is 5.92 Å². The van der Waals surface area contributed by atoms with Crippen LogP contribution in [0.1, 0.15) is 24.1 Å². The maximum Gasteiger partial charge on any atom is 0.316 e. The van der Waals surface area contributed by atoms with Crippen molar-refractivity contribution in [3.63, 3.8) is 0 Å². The minimum atomic E-state index is -1.76. The van der Waals surface area contributed by atoms with E-state index in [2.05, 4.69) is 15.4 Å². The number of thioether (sulfide) groups is 1. The van der Waals surface area contributed by atoms with Gasteiger partial charge in [-0.25, -0.2) is 0 Å². The van der Waals surface area contributed by atoms with Gasteiger partial charge in [0, 0.05) is 0 Å². The Balaban J connectivity index is 2.15. The molecule has 2 N–H and O–H groups in total. The fraction of sp³-hybridized carbons (Fsp3) is 0.471. The minimum Gasteiger partial charge on any atom is -0.466 e. The van der Waals surface area contributed by atoms with Crippen LogP contribution in [0.4, 0.5) is 5.95 Å². The fourth-order valence-electron chi connectivity index (χ4n) is 3.11. The Morgan fingerprint density at radius 2 is 2.15 bits per heavy atom. The molecule has 1 aromatic heterocycles. The van der Waals surface area contributed by atoms with Gasteiger partial charge in [-0.2, -0.15) is 9.67 Å². The highest BCUT2D eigenvalue weighted by molar-refractivity contribution is 7.98. The molecule has 3 atom stereocenters. The van der Waals surface area contributed by atoms with Crippen molar-refractivity contribution in [2.24, 2.45) is 5.92 Å². The minimum absolute atomic E-state index is 0.203. The molecule has 2 aromatic rings. The lowest BCUT2D eigenvalue weighted by atomic mass is 9.83. The van der Waals surface area contributed by atoms with E-state index >= 15 is 0 Å². The summed E-state index contributed by atoms with van der Waals surface area (Å²) in [5.74, 6) is -1.39. The lowest BCUT2D eigenvalue weighted by molar-refractivity contribution is -0.170. The number of hydrogen-bond donors (Lipinski definition) is 2. The average Bonchev–Trinajstić information content (AvgIpc) is 3.06. The zero-order chi connectivity index (χ0) is 18.9. The van der Waals surface area contributed by atoms with Gasteiger partial charge in [0.2, 0.25) is 11.1 Å². The maximum atomic E-state index is 12.8. The summed E-state index contributed by atoms with van der Waals surface area (Å²) in [5.41, 5.74) is 0.167. The van der Waals surface area contributed by atoms with Crippen molar-refractivity contribution in [2.75, 3.05) is 24.1 Å². The standard InChI is InChI=1S/C17H21ClN4O3S/c1-4-25-14(23)12-13(11-7-5-10(2)6-8-11)19-15-20-16(26-3)21-22(15)17(12,24)9-18/h5-8,12-13,24H,4,9H2,1-3H3,(H,19,20,21). The van der Waals surface area contributed by atoms with Gasteiger partial charge in [-0.3, -0.25) is 4.79 Å². The number of nitrogens with one attached hydrogen (secondary N) is 1. The fourth-order valence-corrected chi connectivity index (χ4v) is 3.73. The SMILES string of the molecule is CCOC(=O)C1C(c2ccc(C)cc2)Nc2nc(SC)nn2C1(O)CCl. The molecular formula is C17H21ClN4O3S. The molecule has 3 rings (SSSR count). The zero-order valence-corrected chi connectivity index (χ0v) is 16.3. The van der Waals surface area contributed by atoms with Crippen molar-refractivity contribution in [1.82, 2.24) is 14.8 Å². The van der Waals surface area contributed by atoms with E-state index in [1.165, 1.54) is 16.4 Å². The maximum absolute atomic E-state index is 12.8. The van der Waals surface area contributed by atoms with Crippen LogP contribution in [0.2, 0.25) is 0 Å². The predicted molar refractivity (Wildman–Crippen MR) is 100 cm³/mol. The summed E-state index contributed by atoms with van der Waals surface area (Å²) in [5, 5.41) is 19.4. The second-order valence-electron chi connectivity index (χ2n) is 6.11. The van der Waals surface area contributed by atoms with E-state index in [1.54, 1.807) is 6.92 Å². The molecule has 140 valence electrons. The monoisotopic (exact) mass is 396 g/mol. The largest absolute Gasteiger partial charge is 0.466 e. The molecule has 0 spiro atoms. The van der Waals surface area contributed by atoms with Gasteiger partial charge in [-0.1, -0.05) is 41.6 Å². The molecular weight excluding hydrogens is 376 g/mol. The Labute approximate surface area is 161 Å². The number of hydrogen-bond acceptors (Lipinski definition) is 7. The highest BCUT2D eigenvalue weighted by Crippen LogP contribution is 2.43. The first kappa shape index (κ1) is 19.0. The van der Waals surface area contributed by atoms with Crippen molar-refractivity contribution in [3.05, 3.63) is 35.4 Å². The van der Waals surface area contributed by atoms with Crippen molar-refractivity contribution in [2.45, 2.75) is 30.8 Å². The Bertz CT molecular complexity index is 798. The van der Waals surface area contributed by atoms with Gasteiger partial charge in [0.05, 0.1) is 18.5 Å². The van der Waals surface area contributed by atoms with E-state index in [4.69, 9.17) is 16.3 Å². The van der Waals surface area contributed by atoms with Crippen molar-refractivity contribution < 1.29 is 14.6 Å². The van der Waals surface area contributed by atoms with Crippen LogP contribution in [-0.4, -0.2) is 44.6 Å². The molecule has 7 nitrogen and oxygen atoms in total. The van der Waals surface area contributed by atoms with Gasteiger partial charge in [-0.05, 0) is 25.7 Å². The van der Waals surface area contributed by atoms with Crippen LogP contribution >= 0.6 is 23.4 Å². The first-order valence-electron chi connectivity index (χ1n) is 8.24. The molecule has 1 aliphatic rings. The lowest BCUT2D eigenvalue weighted by Gasteiger charge is -2.42. The number of benzene rings is 1. The van der Waals surface area contributed by atoms with Crippen molar-refractivity contribution in [3.8, 4) is 0 Å². The number of fused-ring (bicyclic) bond motifs is 1. The summed E-state index contributed by atoms with van der Waals surface area (Å²) in [6, 6.07) is 7.17. The van der Waals surface area contributed by atoms with E-state index in [0.717, 1.165) is 11.1 Å². The molecule has 1 aliphatic heterocycles. The number of alkyl halides is 1. The summed E-state index contributed by atoms with van der Waals surface area (Å²) in [7, 11) is 0.